The highest BCUT2D eigenvalue weighted by atomic mass is 16.5. The molecular weight excluding hydrogens is 312 g/mol. The smallest absolute Gasteiger partial charge is 0.191 e. The zero-order valence-electron chi connectivity index (χ0n) is 16.0. The molecule has 1 fully saturated rings. The van der Waals surface area contributed by atoms with Crippen molar-refractivity contribution < 1.29 is 4.74 Å². The molecule has 140 valence electrons. The highest BCUT2D eigenvalue weighted by Gasteiger charge is 2.24. The lowest BCUT2D eigenvalue weighted by Gasteiger charge is -2.37. The Bertz CT molecular complexity index is 498. The van der Waals surface area contributed by atoms with Crippen LogP contribution in [0, 0.1) is 5.92 Å². The highest BCUT2D eigenvalue weighted by molar-refractivity contribution is 5.79. The molecule has 1 aliphatic heterocycles. The first-order valence-electron chi connectivity index (χ1n) is 9.55. The maximum absolute atomic E-state index is 5.38. The van der Waals surface area contributed by atoms with Crippen LogP contribution in [0.1, 0.15) is 38.3 Å². The van der Waals surface area contributed by atoms with Gasteiger partial charge in [-0.25, -0.2) is 0 Å². The van der Waals surface area contributed by atoms with Crippen molar-refractivity contribution >= 4 is 5.96 Å². The number of likely N-dealkylation sites (tertiary alicyclic amines) is 1. The second-order valence-corrected chi connectivity index (χ2v) is 6.72. The summed E-state index contributed by atoms with van der Waals surface area (Å²) in [7, 11) is 1.82. The van der Waals surface area contributed by atoms with E-state index in [2.05, 4.69) is 57.8 Å². The fraction of sp³-hybridized carbons (Fsp3) is 0.650. The fourth-order valence-corrected chi connectivity index (χ4v) is 3.27. The van der Waals surface area contributed by atoms with Crippen LogP contribution >= 0.6 is 0 Å². The van der Waals surface area contributed by atoms with Crippen LogP contribution in [-0.2, 0) is 4.74 Å². The molecule has 1 saturated heterocycles. The molecule has 0 aliphatic carbocycles. The number of ether oxygens (including phenoxy) is 1. The van der Waals surface area contributed by atoms with Gasteiger partial charge in [0.1, 0.15) is 0 Å². The second-order valence-electron chi connectivity index (χ2n) is 6.72. The van der Waals surface area contributed by atoms with Gasteiger partial charge in [-0.15, -0.1) is 0 Å². The normalized spacial score (nSPS) is 18.1. The summed E-state index contributed by atoms with van der Waals surface area (Å²) in [5.41, 5.74) is 1.37. The molecule has 0 radical (unpaired) electrons. The standard InChI is InChI=1S/C20H34N4O/c1-4-25-15-12-22-20(21-3)23-16-19(18-8-6-5-7-9-18)24-13-10-17(2)11-14-24/h5-9,17,19H,4,10-16H2,1-3H3,(H2,21,22,23). The van der Waals surface area contributed by atoms with Crippen molar-refractivity contribution in [1.29, 1.82) is 0 Å². The average Bonchev–Trinajstić information content (AvgIpc) is 2.66. The van der Waals surface area contributed by atoms with Gasteiger partial charge >= 0.3 is 0 Å². The van der Waals surface area contributed by atoms with E-state index in [4.69, 9.17) is 4.74 Å². The minimum atomic E-state index is 0.374. The summed E-state index contributed by atoms with van der Waals surface area (Å²) in [5.74, 6) is 1.68. The summed E-state index contributed by atoms with van der Waals surface area (Å²) < 4.78 is 5.38. The van der Waals surface area contributed by atoms with Gasteiger partial charge in [0.25, 0.3) is 0 Å². The molecule has 0 amide bonds. The van der Waals surface area contributed by atoms with Crippen molar-refractivity contribution in [2.45, 2.75) is 32.7 Å². The molecule has 1 heterocycles. The number of hydrogen-bond donors (Lipinski definition) is 2. The molecule has 1 atom stereocenters. The molecule has 0 aromatic heterocycles. The molecule has 5 nitrogen and oxygen atoms in total. The van der Waals surface area contributed by atoms with E-state index in [0.29, 0.717) is 12.6 Å². The lowest BCUT2D eigenvalue weighted by molar-refractivity contribution is 0.138. The maximum atomic E-state index is 5.38. The molecule has 0 saturated carbocycles. The Morgan fingerprint density at radius 3 is 2.60 bits per heavy atom. The van der Waals surface area contributed by atoms with Crippen LogP contribution in [0.25, 0.3) is 0 Å². The third-order valence-electron chi connectivity index (χ3n) is 4.87. The molecule has 2 rings (SSSR count). The topological polar surface area (TPSA) is 48.9 Å². The lowest BCUT2D eigenvalue weighted by Crippen LogP contribution is -2.45. The number of benzene rings is 1. The van der Waals surface area contributed by atoms with E-state index in [-0.39, 0.29) is 0 Å². The van der Waals surface area contributed by atoms with Crippen LogP contribution in [0.15, 0.2) is 35.3 Å². The van der Waals surface area contributed by atoms with Gasteiger partial charge in [0.15, 0.2) is 5.96 Å². The number of piperidine rings is 1. The predicted octanol–water partition coefficient (Wildman–Crippen LogP) is 2.66. The van der Waals surface area contributed by atoms with E-state index in [1.54, 1.807) is 0 Å². The summed E-state index contributed by atoms with van der Waals surface area (Å²) >= 11 is 0. The predicted molar refractivity (Wildman–Crippen MR) is 105 cm³/mol. The third-order valence-corrected chi connectivity index (χ3v) is 4.87. The molecule has 1 unspecified atom stereocenters. The third kappa shape index (κ3) is 6.67. The van der Waals surface area contributed by atoms with Crippen molar-refractivity contribution in [2.75, 3.05) is 46.4 Å². The number of nitrogens with one attached hydrogen (secondary N) is 2. The van der Waals surface area contributed by atoms with Gasteiger partial charge in [0.05, 0.1) is 12.6 Å². The van der Waals surface area contributed by atoms with E-state index >= 15 is 0 Å². The monoisotopic (exact) mass is 346 g/mol. The Balaban J connectivity index is 1.94. The minimum Gasteiger partial charge on any atom is -0.380 e. The zero-order chi connectivity index (χ0) is 17.9. The van der Waals surface area contributed by atoms with Crippen molar-refractivity contribution in [3.05, 3.63) is 35.9 Å². The van der Waals surface area contributed by atoms with Crippen LogP contribution in [0.2, 0.25) is 0 Å². The molecule has 1 aromatic carbocycles. The molecule has 1 aliphatic rings. The summed E-state index contributed by atoms with van der Waals surface area (Å²) in [6.45, 7) is 9.77. The number of aliphatic imine (C=N–C) groups is 1. The number of rotatable bonds is 8. The highest BCUT2D eigenvalue weighted by Crippen LogP contribution is 2.26. The molecule has 2 N–H and O–H groups in total. The first-order chi connectivity index (χ1) is 12.2. The molecule has 0 spiro atoms. The first-order valence-corrected chi connectivity index (χ1v) is 9.55. The van der Waals surface area contributed by atoms with E-state index in [0.717, 1.165) is 31.6 Å². The van der Waals surface area contributed by atoms with Gasteiger partial charge in [0.2, 0.25) is 0 Å². The van der Waals surface area contributed by atoms with Gasteiger partial charge in [0, 0.05) is 26.7 Å². The van der Waals surface area contributed by atoms with Gasteiger partial charge in [-0.3, -0.25) is 9.89 Å². The molecule has 25 heavy (non-hydrogen) atoms. The quantitative estimate of drug-likeness (QED) is 0.432. The Morgan fingerprint density at radius 1 is 1.24 bits per heavy atom. The summed E-state index contributed by atoms with van der Waals surface area (Å²) in [4.78, 5) is 6.94. The average molecular weight is 347 g/mol. The van der Waals surface area contributed by atoms with E-state index in [9.17, 15) is 0 Å². The van der Waals surface area contributed by atoms with Crippen molar-refractivity contribution in [1.82, 2.24) is 15.5 Å². The second kappa shape index (κ2) is 11.1. The van der Waals surface area contributed by atoms with Crippen molar-refractivity contribution in [2.24, 2.45) is 10.9 Å². The van der Waals surface area contributed by atoms with E-state index < -0.39 is 0 Å². The van der Waals surface area contributed by atoms with Gasteiger partial charge < -0.3 is 15.4 Å². The Labute approximate surface area is 152 Å². The first kappa shape index (κ1) is 19.7. The largest absolute Gasteiger partial charge is 0.380 e. The van der Waals surface area contributed by atoms with Crippen molar-refractivity contribution in [3.8, 4) is 0 Å². The summed E-state index contributed by atoms with van der Waals surface area (Å²) in [6.07, 6.45) is 2.56. The number of nitrogens with zero attached hydrogens (tertiary/aromatic N) is 2. The van der Waals surface area contributed by atoms with Crippen LogP contribution in [0.4, 0.5) is 0 Å². The fourth-order valence-electron chi connectivity index (χ4n) is 3.27. The van der Waals surface area contributed by atoms with Gasteiger partial charge in [-0.1, -0.05) is 37.3 Å². The zero-order valence-corrected chi connectivity index (χ0v) is 16.0. The minimum absolute atomic E-state index is 0.374. The Hall–Kier alpha value is -1.59. The van der Waals surface area contributed by atoms with Crippen LogP contribution in [0.3, 0.4) is 0 Å². The molecule has 1 aromatic rings. The van der Waals surface area contributed by atoms with Gasteiger partial charge in [-0.05, 0) is 44.3 Å². The number of hydrogen-bond acceptors (Lipinski definition) is 3. The van der Waals surface area contributed by atoms with Crippen molar-refractivity contribution in [3.63, 3.8) is 0 Å². The number of guanidine groups is 1. The van der Waals surface area contributed by atoms with Crippen LogP contribution in [0.5, 0.6) is 0 Å². The Morgan fingerprint density at radius 2 is 1.96 bits per heavy atom. The summed E-state index contributed by atoms with van der Waals surface area (Å²) in [6, 6.07) is 11.2. The van der Waals surface area contributed by atoms with E-state index in [1.165, 1.54) is 31.5 Å². The SMILES string of the molecule is CCOCCNC(=NC)NCC(c1ccccc1)N1CCC(C)CC1. The molecule has 0 bridgehead atoms. The Kier molecular flexibility index (Phi) is 8.77. The molecular formula is C20H34N4O. The molecule has 5 heteroatoms. The maximum Gasteiger partial charge on any atom is 0.191 e. The summed E-state index contributed by atoms with van der Waals surface area (Å²) in [5, 5.41) is 6.81. The van der Waals surface area contributed by atoms with Gasteiger partial charge in [-0.2, -0.15) is 0 Å². The van der Waals surface area contributed by atoms with Crippen LogP contribution < -0.4 is 10.6 Å². The van der Waals surface area contributed by atoms with Crippen LogP contribution in [-0.4, -0.2) is 57.3 Å². The van der Waals surface area contributed by atoms with E-state index in [1.807, 2.05) is 14.0 Å². The lowest BCUT2D eigenvalue weighted by atomic mass is 9.95.